The van der Waals surface area contributed by atoms with Crippen molar-refractivity contribution in [2.24, 2.45) is 0 Å². The predicted octanol–water partition coefficient (Wildman–Crippen LogP) is 3.21. The monoisotopic (exact) mass is 188 g/mol. The summed E-state index contributed by atoms with van der Waals surface area (Å²) in [5.41, 5.74) is 2.28. The molecule has 0 unspecified atom stereocenters. The molecule has 2 nitrogen and oxygen atoms in total. The molecule has 2 rings (SSSR count). The fraction of sp³-hybridized carbons (Fsp3) is 0.250. The average molecular weight is 188 g/mol. The summed E-state index contributed by atoms with van der Waals surface area (Å²) in [6.45, 7) is 6.03. The van der Waals surface area contributed by atoms with Gasteiger partial charge in [-0.2, -0.15) is 5.10 Å². The Morgan fingerprint density at radius 2 is 1.71 bits per heavy atom. The van der Waals surface area contributed by atoms with Crippen molar-refractivity contribution in [3.63, 3.8) is 0 Å². The van der Waals surface area contributed by atoms with Crippen molar-refractivity contribution in [2.75, 3.05) is 0 Å². The Labute approximate surface area is 85.2 Å². The molecule has 1 aromatic heterocycles. The first-order valence-corrected chi connectivity index (χ1v) is 4.93. The first kappa shape index (κ1) is 10.5. The minimum Gasteiger partial charge on any atom is -0.241 e. The van der Waals surface area contributed by atoms with Crippen molar-refractivity contribution in [3.05, 3.63) is 48.3 Å². The normalized spacial score (nSPS) is 9.07. The summed E-state index contributed by atoms with van der Waals surface area (Å²) in [4.78, 5) is 0. The largest absolute Gasteiger partial charge is 0.241 e. The molecule has 74 valence electrons. The molecule has 0 aliphatic carbocycles. The second kappa shape index (κ2) is 5.22. The van der Waals surface area contributed by atoms with Gasteiger partial charge in [0.15, 0.2) is 0 Å². The van der Waals surface area contributed by atoms with E-state index in [1.54, 1.807) is 0 Å². The highest BCUT2D eigenvalue weighted by atomic mass is 15.3. The van der Waals surface area contributed by atoms with Crippen LogP contribution in [0.15, 0.2) is 42.7 Å². The molecular formula is C12H16N2. The Morgan fingerprint density at radius 1 is 1.07 bits per heavy atom. The Morgan fingerprint density at radius 3 is 2.21 bits per heavy atom. The number of nitrogens with zero attached hydrogens (tertiary/aromatic N) is 2. The van der Waals surface area contributed by atoms with E-state index in [1.165, 1.54) is 5.56 Å². The number of hydrogen-bond acceptors (Lipinski definition) is 1. The lowest BCUT2D eigenvalue weighted by atomic mass is 10.3. The van der Waals surface area contributed by atoms with Crippen LogP contribution in [0.4, 0.5) is 0 Å². The molecule has 1 aromatic carbocycles. The van der Waals surface area contributed by atoms with Crippen LogP contribution in [-0.4, -0.2) is 9.78 Å². The number of para-hydroxylation sites is 1. The summed E-state index contributed by atoms with van der Waals surface area (Å²) in [5.74, 6) is 0. The Balaban J connectivity index is 0.000000461. The van der Waals surface area contributed by atoms with Gasteiger partial charge in [-0.05, 0) is 24.6 Å². The van der Waals surface area contributed by atoms with E-state index >= 15 is 0 Å². The van der Waals surface area contributed by atoms with Crippen LogP contribution in [0, 0.1) is 6.92 Å². The molecule has 0 saturated carbocycles. The van der Waals surface area contributed by atoms with Gasteiger partial charge in [0.25, 0.3) is 0 Å². The van der Waals surface area contributed by atoms with Gasteiger partial charge in [-0.15, -0.1) is 0 Å². The van der Waals surface area contributed by atoms with Gasteiger partial charge in [0.2, 0.25) is 0 Å². The molecule has 2 aromatic rings. The summed E-state index contributed by atoms with van der Waals surface area (Å²) in [6.07, 6.45) is 3.86. The SMILES string of the molecule is CC.Cc1cnn(-c2ccccc2)c1. The van der Waals surface area contributed by atoms with Crippen LogP contribution in [0.2, 0.25) is 0 Å². The minimum atomic E-state index is 1.10. The van der Waals surface area contributed by atoms with Crippen molar-refractivity contribution in [3.8, 4) is 5.69 Å². The minimum absolute atomic E-state index is 1.10. The Bertz CT molecular complexity index is 363. The zero-order chi connectivity index (χ0) is 10.4. The number of aromatic nitrogens is 2. The van der Waals surface area contributed by atoms with E-state index in [4.69, 9.17) is 0 Å². The van der Waals surface area contributed by atoms with Gasteiger partial charge >= 0.3 is 0 Å². The molecule has 0 saturated heterocycles. The summed E-state index contributed by atoms with van der Waals surface area (Å²) in [5, 5.41) is 4.20. The lowest BCUT2D eigenvalue weighted by Crippen LogP contribution is -1.92. The van der Waals surface area contributed by atoms with E-state index in [0.29, 0.717) is 0 Å². The molecule has 0 aliphatic rings. The molecule has 0 atom stereocenters. The first-order chi connectivity index (χ1) is 6.86. The maximum absolute atomic E-state index is 4.20. The van der Waals surface area contributed by atoms with E-state index in [-0.39, 0.29) is 0 Å². The molecule has 0 N–H and O–H groups in total. The van der Waals surface area contributed by atoms with E-state index in [9.17, 15) is 0 Å². The zero-order valence-electron chi connectivity index (χ0n) is 8.94. The van der Waals surface area contributed by atoms with Crippen molar-refractivity contribution in [2.45, 2.75) is 20.8 Å². The summed E-state index contributed by atoms with van der Waals surface area (Å²) in [6, 6.07) is 10.1. The zero-order valence-corrected chi connectivity index (χ0v) is 8.94. The van der Waals surface area contributed by atoms with E-state index in [2.05, 4.69) is 5.10 Å². The van der Waals surface area contributed by atoms with Crippen LogP contribution >= 0.6 is 0 Å². The molecule has 0 radical (unpaired) electrons. The summed E-state index contributed by atoms with van der Waals surface area (Å²) < 4.78 is 1.87. The highest BCUT2D eigenvalue weighted by Gasteiger charge is 1.94. The summed E-state index contributed by atoms with van der Waals surface area (Å²) in [7, 11) is 0. The first-order valence-electron chi connectivity index (χ1n) is 4.93. The third-order valence-corrected chi connectivity index (χ3v) is 1.73. The molecule has 0 aliphatic heterocycles. The van der Waals surface area contributed by atoms with E-state index < -0.39 is 0 Å². The number of benzene rings is 1. The summed E-state index contributed by atoms with van der Waals surface area (Å²) >= 11 is 0. The van der Waals surface area contributed by atoms with Crippen LogP contribution in [0.25, 0.3) is 5.69 Å². The molecule has 2 heteroatoms. The van der Waals surface area contributed by atoms with Gasteiger partial charge in [0.1, 0.15) is 0 Å². The van der Waals surface area contributed by atoms with Crippen molar-refractivity contribution in [1.29, 1.82) is 0 Å². The lowest BCUT2D eigenvalue weighted by Gasteiger charge is -1.98. The fourth-order valence-electron chi connectivity index (χ4n) is 1.13. The highest BCUT2D eigenvalue weighted by molar-refractivity contribution is 5.30. The molecule has 1 heterocycles. The van der Waals surface area contributed by atoms with Crippen molar-refractivity contribution < 1.29 is 0 Å². The second-order valence-electron chi connectivity index (χ2n) is 2.80. The van der Waals surface area contributed by atoms with Gasteiger partial charge in [0, 0.05) is 6.20 Å². The lowest BCUT2D eigenvalue weighted by molar-refractivity contribution is 0.880. The Kier molecular flexibility index (Phi) is 3.92. The second-order valence-corrected chi connectivity index (χ2v) is 2.80. The van der Waals surface area contributed by atoms with Crippen LogP contribution in [-0.2, 0) is 0 Å². The number of aryl methyl sites for hydroxylation is 1. The maximum atomic E-state index is 4.20. The van der Waals surface area contributed by atoms with Crippen molar-refractivity contribution in [1.82, 2.24) is 9.78 Å². The molecule has 14 heavy (non-hydrogen) atoms. The highest BCUT2D eigenvalue weighted by Crippen LogP contribution is 2.05. The quantitative estimate of drug-likeness (QED) is 0.672. The van der Waals surface area contributed by atoms with Gasteiger partial charge in [0.05, 0.1) is 11.9 Å². The maximum Gasteiger partial charge on any atom is 0.0645 e. The van der Waals surface area contributed by atoms with Crippen molar-refractivity contribution >= 4 is 0 Å². The fourth-order valence-corrected chi connectivity index (χ4v) is 1.13. The van der Waals surface area contributed by atoms with Gasteiger partial charge in [-0.3, -0.25) is 0 Å². The average Bonchev–Trinajstić information content (AvgIpc) is 2.69. The van der Waals surface area contributed by atoms with Crippen LogP contribution in [0.1, 0.15) is 19.4 Å². The number of hydrogen-bond donors (Lipinski definition) is 0. The van der Waals surface area contributed by atoms with Gasteiger partial charge in [-0.25, -0.2) is 4.68 Å². The molecule has 0 bridgehead atoms. The predicted molar refractivity (Wildman–Crippen MR) is 59.6 cm³/mol. The van der Waals surface area contributed by atoms with Gasteiger partial charge < -0.3 is 0 Å². The number of rotatable bonds is 1. The topological polar surface area (TPSA) is 17.8 Å². The van der Waals surface area contributed by atoms with Crippen LogP contribution in [0.3, 0.4) is 0 Å². The standard InChI is InChI=1S/C10H10N2.C2H6/c1-9-7-11-12(8-9)10-5-3-2-4-6-10;1-2/h2-8H,1H3;1-2H3. The third kappa shape index (κ3) is 2.46. The van der Waals surface area contributed by atoms with Gasteiger partial charge in [-0.1, -0.05) is 32.0 Å². The van der Waals surface area contributed by atoms with E-state index in [0.717, 1.165) is 5.69 Å². The van der Waals surface area contributed by atoms with E-state index in [1.807, 2.05) is 68.2 Å². The molecule has 0 fully saturated rings. The molecule has 0 spiro atoms. The van der Waals surface area contributed by atoms with Crippen LogP contribution in [0.5, 0.6) is 0 Å². The van der Waals surface area contributed by atoms with Crippen LogP contribution < -0.4 is 0 Å². The Hall–Kier alpha value is -1.57. The third-order valence-electron chi connectivity index (χ3n) is 1.73. The molecule has 0 amide bonds. The smallest absolute Gasteiger partial charge is 0.0645 e. The molecular weight excluding hydrogens is 172 g/mol.